The summed E-state index contributed by atoms with van der Waals surface area (Å²) < 4.78 is 0. The average Bonchev–Trinajstić information content (AvgIpc) is 2.76. The Labute approximate surface area is 195 Å². The normalized spacial score (nSPS) is 12.3. The van der Waals surface area contributed by atoms with Crippen molar-refractivity contribution in [3.63, 3.8) is 0 Å². The Bertz CT molecular complexity index is 359. The van der Waals surface area contributed by atoms with E-state index in [1.54, 1.807) is 0 Å². The van der Waals surface area contributed by atoms with Crippen molar-refractivity contribution in [1.82, 2.24) is 5.32 Å². The van der Waals surface area contributed by atoms with E-state index >= 15 is 0 Å². The third-order valence-electron chi connectivity index (χ3n) is 6.57. The first kappa shape index (κ1) is 30.4. The highest BCUT2D eigenvalue weighted by Crippen LogP contribution is 2.13. The highest BCUT2D eigenvalue weighted by atomic mass is 16.4. The van der Waals surface area contributed by atoms with Gasteiger partial charge in [-0.3, -0.25) is 4.79 Å². The Morgan fingerprint density at radius 2 is 0.871 bits per heavy atom. The summed E-state index contributed by atoms with van der Waals surface area (Å²) >= 11 is 0. The number of hydrogen-bond acceptors (Lipinski definition) is 2. The largest absolute Gasteiger partial charge is 0.480 e. The van der Waals surface area contributed by atoms with Gasteiger partial charge >= 0.3 is 5.97 Å². The molecule has 0 aromatic carbocycles. The molecule has 0 aromatic heterocycles. The number of nitrogens with one attached hydrogen (secondary N) is 1. The van der Waals surface area contributed by atoms with Crippen LogP contribution < -0.4 is 5.32 Å². The first-order valence-corrected chi connectivity index (χ1v) is 14.2. The summed E-state index contributed by atoms with van der Waals surface area (Å²) in [4.78, 5) is 11.5. The second-order valence-electron chi connectivity index (χ2n) is 9.70. The SMILES string of the molecule is CCCCCCCCCCCCCCC(NCCCCCCCCCCCC)C(=O)O. The Kier molecular flexibility index (Phi) is 25.2. The van der Waals surface area contributed by atoms with Crippen LogP contribution in [0.2, 0.25) is 0 Å². The summed E-state index contributed by atoms with van der Waals surface area (Å²) in [5.41, 5.74) is 0. The van der Waals surface area contributed by atoms with Gasteiger partial charge in [0, 0.05) is 0 Å². The lowest BCUT2D eigenvalue weighted by molar-refractivity contribution is -0.139. The molecule has 0 aliphatic rings. The molecule has 0 aliphatic carbocycles. The topological polar surface area (TPSA) is 49.3 Å². The van der Waals surface area contributed by atoms with Crippen molar-refractivity contribution < 1.29 is 9.90 Å². The minimum Gasteiger partial charge on any atom is -0.480 e. The van der Waals surface area contributed by atoms with Crippen LogP contribution in [0.1, 0.15) is 162 Å². The Balaban J connectivity index is 3.43. The van der Waals surface area contributed by atoms with Crippen molar-refractivity contribution in [2.45, 2.75) is 168 Å². The van der Waals surface area contributed by atoms with Gasteiger partial charge in [0.25, 0.3) is 0 Å². The summed E-state index contributed by atoms with van der Waals surface area (Å²) in [7, 11) is 0. The zero-order valence-corrected chi connectivity index (χ0v) is 21.4. The fourth-order valence-electron chi connectivity index (χ4n) is 4.39. The lowest BCUT2D eigenvalue weighted by atomic mass is 10.0. The van der Waals surface area contributed by atoms with Gasteiger partial charge < -0.3 is 10.4 Å². The molecule has 0 rings (SSSR count). The quantitative estimate of drug-likeness (QED) is 0.132. The maximum atomic E-state index is 11.5. The molecule has 0 radical (unpaired) electrons. The van der Waals surface area contributed by atoms with Gasteiger partial charge in [0.2, 0.25) is 0 Å². The number of carbonyl (C=O) groups is 1. The van der Waals surface area contributed by atoms with Gasteiger partial charge in [0.05, 0.1) is 0 Å². The molecule has 0 fully saturated rings. The Morgan fingerprint density at radius 1 is 0.548 bits per heavy atom. The van der Waals surface area contributed by atoms with Crippen LogP contribution >= 0.6 is 0 Å². The Hall–Kier alpha value is -0.570. The lowest BCUT2D eigenvalue weighted by Gasteiger charge is -2.14. The molecule has 1 atom stereocenters. The summed E-state index contributed by atoms with van der Waals surface area (Å²) in [6.45, 7) is 5.39. The average molecular weight is 440 g/mol. The van der Waals surface area contributed by atoms with Crippen molar-refractivity contribution in [3.8, 4) is 0 Å². The fourth-order valence-corrected chi connectivity index (χ4v) is 4.39. The molecular formula is C28H57NO2. The number of rotatable bonds is 26. The molecule has 2 N–H and O–H groups in total. The van der Waals surface area contributed by atoms with Gasteiger partial charge in [-0.25, -0.2) is 0 Å². The van der Waals surface area contributed by atoms with Gasteiger partial charge in [-0.1, -0.05) is 149 Å². The van der Waals surface area contributed by atoms with Crippen molar-refractivity contribution in [2.24, 2.45) is 0 Å². The fraction of sp³-hybridized carbons (Fsp3) is 0.964. The van der Waals surface area contributed by atoms with Gasteiger partial charge in [0.15, 0.2) is 0 Å². The van der Waals surface area contributed by atoms with Crippen molar-refractivity contribution in [3.05, 3.63) is 0 Å². The monoisotopic (exact) mass is 439 g/mol. The molecule has 1 unspecified atom stereocenters. The van der Waals surface area contributed by atoms with Crippen LogP contribution in [0.4, 0.5) is 0 Å². The zero-order valence-electron chi connectivity index (χ0n) is 21.4. The third kappa shape index (κ3) is 23.9. The van der Waals surface area contributed by atoms with E-state index in [0.717, 1.165) is 25.8 Å². The molecule has 186 valence electrons. The van der Waals surface area contributed by atoms with Crippen LogP contribution in [-0.2, 0) is 4.79 Å². The van der Waals surface area contributed by atoms with Crippen molar-refractivity contribution in [1.29, 1.82) is 0 Å². The van der Waals surface area contributed by atoms with Crippen LogP contribution in [0.25, 0.3) is 0 Å². The first-order valence-electron chi connectivity index (χ1n) is 14.2. The molecule has 3 nitrogen and oxygen atoms in total. The van der Waals surface area contributed by atoms with E-state index in [1.807, 2.05) is 0 Å². The van der Waals surface area contributed by atoms with Crippen LogP contribution in [0.15, 0.2) is 0 Å². The smallest absolute Gasteiger partial charge is 0.320 e. The maximum Gasteiger partial charge on any atom is 0.320 e. The van der Waals surface area contributed by atoms with E-state index in [9.17, 15) is 9.90 Å². The standard InChI is InChI=1S/C28H57NO2/c1-3-5-7-9-11-13-15-16-17-19-21-23-25-27(28(30)31)29-26-24-22-20-18-14-12-10-8-6-4-2/h27,29H,3-26H2,1-2H3,(H,30,31). The van der Waals surface area contributed by atoms with Crippen LogP contribution in [-0.4, -0.2) is 23.7 Å². The number of unbranched alkanes of at least 4 members (excludes halogenated alkanes) is 20. The van der Waals surface area contributed by atoms with E-state index in [2.05, 4.69) is 19.2 Å². The summed E-state index contributed by atoms with van der Waals surface area (Å²) in [6, 6.07) is -0.346. The first-order chi connectivity index (χ1) is 15.2. The molecule has 0 spiro atoms. The van der Waals surface area contributed by atoms with Crippen molar-refractivity contribution in [2.75, 3.05) is 6.54 Å². The highest BCUT2D eigenvalue weighted by Gasteiger charge is 2.15. The molecular weight excluding hydrogens is 382 g/mol. The maximum absolute atomic E-state index is 11.5. The Morgan fingerprint density at radius 3 is 1.23 bits per heavy atom. The second kappa shape index (κ2) is 25.7. The molecule has 0 amide bonds. The van der Waals surface area contributed by atoms with Crippen LogP contribution in [0, 0.1) is 0 Å². The molecule has 0 aromatic rings. The van der Waals surface area contributed by atoms with Gasteiger partial charge in [0.1, 0.15) is 6.04 Å². The van der Waals surface area contributed by atoms with Gasteiger partial charge in [-0.15, -0.1) is 0 Å². The van der Waals surface area contributed by atoms with Gasteiger partial charge in [-0.05, 0) is 19.4 Å². The summed E-state index contributed by atoms with van der Waals surface area (Å²) in [6.07, 6.45) is 29.9. The van der Waals surface area contributed by atoms with Gasteiger partial charge in [-0.2, -0.15) is 0 Å². The molecule has 0 saturated carbocycles. The summed E-state index contributed by atoms with van der Waals surface area (Å²) in [5, 5.41) is 12.7. The number of carboxylic acid groups (broad SMARTS) is 1. The van der Waals surface area contributed by atoms with E-state index < -0.39 is 5.97 Å². The van der Waals surface area contributed by atoms with E-state index in [4.69, 9.17) is 0 Å². The number of carboxylic acids is 1. The molecule has 3 heteroatoms. The third-order valence-corrected chi connectivity index (χ3v) is 6.57. The summed E-state index contributed by atoms with van der Waals surface area (Å²) in [5.74, 6) is -0.671. The van der Waals surface area contributed by atoms with E-state index in [-0.39, 0.29) is 6.04 Å². The minimum atomic E-state index is -0.671. The number of aliphatic carboxylic acids is 1. The van der Waals surface area contributed by atoms with E-state index in [0.29, 0.717) is 0 Å². The molecule has 0 aliphatic heterocycles. The predicted octanol–water partition coefficient (Wildman–Crippen LogP) is 9.04. The predicted molar refractivity (Wildman–Crippen MR) is 137 cm³/mol. The van der Waals surface area contributed by atoms with Crippen LogP contribution in [0.5, 0.6) is 0 Å². The zero-order chi connectivity index (χ0) is 22.8. The minimum absolute atomic E-state index is 0.346. The highest BCUT2D eigenvalue weighted by molar-refractivity contribution is 5.73. The van der Waals surface area contributed by atoms with Crippen molar-refractivity contribution >= 4 is 5.97 Å². The molecule has 31 heavy (non-hydrogen) atoms. The molecule has 0 saturated heterocycles. The molecule has 0 bridgehead atoms. The molecule has 0 heterocycles. The second-order valence-corrected chi connectivity index (χ2v) is 9.70. The van der Waals surface area contributed by atoms with Crippen LogP contribution in [0.3, 0.4) is 0 Å². The van der Waals surface area contributed by atoms with E-state index in [1.165, 1.54) is 128 Å². The lowest BCUT2D eigenvalue weighted by Crippen LogP contribution is -2.37. The number of hydrogen-bond donors (Lipinski definition) is 2.